The summed E-state index contributed by atoms with van der Waals surface area (Å²) in [6, 6.07) is 25.2. The van der Waals surface area contributed by atoms with Crippen LogP contribution in [0.4, 0.5) is 5.69 Å². The molecule has 0 atom stereocenters. The molecule has 3 aromatic carbocycles. The number of carbonyl (C=O) groups excluding carboxylic acids is 1. The summed E-state index contributed by atoms with van der Waals surface area (Å²) in [5.41, 5.74) is 4.58. The van der Waals surface area contributed by atoms with E-state index in [0.29, 0.717) is 22.1 Å². The second-order valence-electron chi connectivity index (χ2n) is 9.61. The molecule has 0 unspecified atom stereocenters. The third-order valence-corrected chi connectivity index (χ3v) is 7.88. The summed E-state index contributed by atoms with van der Waals surface area (Å²) in [6.45, 7) is 4.09. The molecule has 40 heavy (non-hydrogen) atoms. The van der Waals surface area contributed by atoms with Crippen molar-refractivity contribution in [3.8, 4) is 17.0 Å². The molecule has 0 aliphatic rings. The highest BCUT2D eigenvalue weighted by Gasteiger charge is 2.19. The Labute approximate surface area is 233 Å². The number of benzene rings is 3. The summed E-state index contributed by atoms with van der Waals surface area (Å²) in [6.07, 6.45) is 1.37. The Morgan fingerprint density at radius 3 is 2.48 bits per heavy atom. The third-order valence-electron chi connectivity index (χ3n) is 6.86. The molecule has 8 nitrogen and oxygen atoms in total. The normalized spacial score (nSPS) is 11.7. The van der Waals surface area contributed by atoms with Gasteiger partial charge in [0.15, 0.2) is 5.69 Å². The molecule has 0 radical (unpaired) electrons. The van der Waals surface area contributed by atoms with Crippen LogP contribution in [0.25, 0.3) is 32.2 Å². The van der Waals surface area contributed by atoms with Crippen molar-refractivity contribution in [1.29, 1.82) is 0 Å². The van der Waals surface area contributed by atoms with Gasteiger partial charge in [0.25, 0.3) is 11.5 Å². The predicted octanol–water partition coefficient (Wildman–Crippen LogP) is 6.76. The molecule has 6 aromatic rings. The highest BCUT2D eigenvalue weighted by Crippen LogP contribution is 2.39. The van der Waals surface area contributed by atoms with Gasteiger partial charge >= 0.3 is 0 Å². The number of rotatable bonds is 6. The summed E-state index contributed by atoms with van der Waals surface area (Å²) in [5.74, 6) is -0.717. The first-order valence-corrected chi connectivity index (χ1v) is 13.6. The van der Waals surface area contributed by atoms with Gasteiger partial charge in [-0.2, -0.15) is 0 Å². The molecule has 1 amide bonds. The summed E-state index contributed by atoms with van der Waals surface area (Å²) in [4.78, 5) is 32.4. The van der Waals surface area contributed by atoms with E-state index < -0.39 is 5.91 Å². The zero-order chi connectivity index (χ0) is 27.8. The molecule has 6 rings (SSSR count). The molecule has 3 aromatic heterocycles. The van der Waals surface area contributed by atoms with Crippen LogP contribution >= 0.6 is 11.3 Å². The number of hydrogen-bond acceptors (Lipinski definition) is 6. The predicted molar refractivity (Wildman–Crippen MR) is 157 cm³/mol. The second-order valence-corrected chi connectivity index (χ2v) is 10.8. The van der Waals surface area contributed by atoms with Crippen molar-refractivity contribution in [2.45, 2.75) is 26.9 Å². The van der Waals surface area contributed by atoms with E-state index in [1.165, 1.54) is 22.2 Å². The average Bonchev–Trinajstić information content (AvgIpc) is 3.44. The van der Waals surface area contributed by atoms with Gasteiger partial charge in [-0.1, -0.05) is 78.4 Å². The minimum Gasteiger partial charge on any atom is -0.493 e. The summed E-state index contributed by atoms with van der Waals surface area (Å²) in [7, 11) is 0. The Morgan fingerprint density at radius 2 is 1.70 bits per heavy atom. The van der Waals surface area contributed by atoms with Crippen LogP contribution in [0.15, 0.2) is 100 Å². The number of thiophene rings is 1. The highest BCUT2D eigenvalue weighted by molar-refractivity contribution is 7.19. The minimum atomic E-state index is -0.633. The molecule has 0 aliphatic heterocycles. The summed E-state index contributed by atoms with van der Waals surface area (Å²) >= 11 is 1.45. The van der Waals surface area contributed by atoms with E-state index in [0.717, 1.165) is 32.6 Å². The standard InChI is InChI=1S/C31H25N5O3S/c1-19-12-14-21(15-13-19)16-36-24-11-7-6-10-23(24)28(31(36)39)34-33-25(37)17-35-18-32-29-27(30(35)38)26(20(2)40-29)22-8-4-3-5-9-22/h3-15,18,39H,16-17H2,1-2H3. The Kier molecular flexibility index (Phi) is 6.57. The van der Waals surface area contributed by atoms with Crippen LogP contribution in [0.3, 0.4) is 0 Å². The first kappa shape index (κ1) is 25.4. The van der Waals surface area contributed by atoms with Gasteiger partial charge in [-0.05, 0) is 31.0 Å². The molecule has 9 heteroatoms. The monoisotopic (exact) mass is 547 g/mol. The van der Waals surface area contributed by atoms with E-state index in [1.807, 2.05) is 92.7 Å². The smallest absolute Gasteiger partial charge is 0.284 e. The van der Waals surface area contributed by atoms with E-state index in [2.05, 4.69) is 15.2 Å². The van der Waals surface area contributed by atoms with Gasteiger partial charge in [0.2, 0.25) is 5.88 Å². The minimum absolute atomic E-state index is 0.0835. The van der Waals surface area contributed by atoms with Crippen LogP contribution in [0.5, 0.6) is 5.88 Å². The van der Waals surface area contributed by atoms with Gasteiger partial charge in [0, 0.05) is 15.8 Å². The fourth-order valence-electron chi connectivity index (χ4n) is 4.89. The number of carbonyl (C=O) groups is 1. The van der Waals surface area contributed by atoms with Crippen molar-refractivity contribution in [2.24, 2.45) is 10.2 Å². The Hall–Kier alpha value is -4.89. The zero-order valence-electron chi connectivity index (χ0n) is 21.9. The van der Waals surface area contributed by atoms with Gasteiger partial charge in [0.05, 0.1) is 23.8 Å². The molecule has 0 spiro atoms. The van der Waals surface area contributed by atoms with Crippen molar-refractivity contribution in [1.82, 2.24) is 14.1 Å². The van der Waals surface area contributed by atoms with E-state index in [4.69, 9.17) is 0 Å². The SMILES string of the molecule is Cc1ccc(Cn2c(O)c(N=NC(=O)Cn3cnc4sc(C)c(-c5ccccc5)c4c3=O)c3ccccc32)cc1. The number of hydrogen-bond donors (Lipinski definition) is 1. The van der Waals surface area contributed by atoms with Crippen molar-refractivity contribution >= 4 is 44.1 Å². The lowest BCUT2D eigenvalue weighted by Gasteiger charge is -2.07. The molecular formula is C31H25N5O3S. The molecule has 198 valence electrons. The molecule has 0 fully saturated rings. The van der Waals surface area contributed by atoms with Crippen molar-refractivity contribution in [3.63, 3.8) is 0 Å². The topological polar surface area (TPSA) is 102 Å². The number of fused-ring (bicyclic) bond motifs is 2. The first-order chi connectivity index (χ1) is 19.4. The molecule has 0 saturated carbocycles. The van der Waals surface area contributed by atoms with Crippen molar-refractivity contribution in [2.75, 3.05) is 0 Å². The van der Waals surface area contributed by atoms with Crippen LogP contribution < -0.4 is 5.56 Å². The number of aryl methyl sites for hydroxylation is 2. The van der Waals surface area contributed by atoms with Crippen molar-refractivity contribution in [3.05, 3.63) is 112 Å². The molecule has 0 aliphatic carbocycles. The maximum Gasteiger partial charge on any atom is 0.284 e. The van der Waals surface area contributed by atoms with Gasteiger partial charge < -0.3 is 9.67 Å². The summed E-state index contributed by atoms with van der Waals surface area (Å²) in [5, 5.41) is 20.2. The molecule has 1 N–H and O–H groups in total. The number of amides is 1. The second kappa shape index (κ2) is 10.3. The Bertz CT molecular complexity index is 1970. The van der Waals surface area contributed by atoms with E-state index in [9.17, 15) is 14.7 Å². The lowest BCUT2D eigenvalue weighted by Crippen LogP contribution is -2.23. The van der Waals surface area contributed by atoms with Gasteiger partial charge in [0.1, 0.15) is 11.4 Å². The zero-order valence-corrected chi connectivity index (χ0v) is 22.7. The van der Waals surface area contributed by atoms with Gasteiger partial charge in [-0.15, -0.1) is 21.6 Å². The van der Waals surface area contributed by atoms with Crippen LogP contribution in [0.2, 0.25) is 0 Å². The number of nitrogens with zero attached hydrogens (tertiary/aromatic N) is 5. The maximum atomic E-state index is 13.4. The van der Waals surface area contributed by atoms with E-state index in [-0.39, 0.29) is 23.7 Å². The fraction of sp³-hybridized carbons (Fsp3) is 0.129. The average molecular weight is 548 g/mol. The summed E-state index contributed by atoms with van der Waals surface area (Å²) < 4.78 is 2.99. The number of para-hydroxylation sites is 1. The molecule has 3 heterocycles. The third kappa shape index (κ3) is 4.60. The van der Waals surface area contributed by atoms with Crippen LogP contribution in [-0.2, 0) is 17.9 Å². The van der Waals surface area contributed by atoms with Gasteiger partial charge in [-0.25, -0.2) is 4.98 Å². The number of azo groups is 1. The maximum absolute atomic E-state index is 13.4. The Morgan fingerprint density at radius 1 is 0.975 bits per heavy atom. The molecule has 0 bridgehead atoms. The lowest BCUT2D eigenvalue weighted by molar-refractivity contribution is -0.118. The van der Waals surface area contributed by atoms with Gasteiger partial charge in [-0.3, -0.25) is 14.2 Å². The van der Waals surface area contributed by atoms with E-state index >= 15 is 0 Å². The first-order valence-electron chi connectivity index (χ1n) is 12.7. The molecule has 0 saturated heterocycles. The number of aromatic hydroxyl groups is 1. The van der Waals surface area contributed by atoms with Crippen LogP contribution in [-0.4, -0.2) is 25.1 Å². The highest BCUT2D eigenvalue weighted by atomic mass is 32.1. The van der Waals surface area contributed by atoms with E-state index in [1.54, 1.807) is 4.57 Å². The largest absolute Gasteiger partial charge is 0.493 e. The van der Waals surface area contributed by atoms with Crippen molar-refractivity contribution < 1.29 is 9.90 Å². The van der Waals surface area contributed by atoms with Crippen LogP contribution in [0.1, 0.15) is 16.0 Å². The fourth-order valence-corrected chi connectivity index (χ4v) is 5.90. The Balaban J connectivity index is 1.31. The lowest BCUT2D eigenvalue weighted by atomic mass is 10.0. The van der Waals surface area contributed by atoms with Crippen LogP contribution in [0, 0.1) is 13.8 Å². The number of aromatic nitrogens is 3. The molecular weight excluding hydrogens is 522 g/mol. The quantitative estimate of drug-likeness (QED) is 0.233.